The highest BCUT2D eigenvalue weighted by molar-refractivity contribution is 7.77. The highest BCUT2D eigenvalue weighted by Gasteiger charge is 2.33. The molecule has 1 N–H and O–H groups in total. The fourth-order valence-corrected chi connectivity index (χ4v) is 6.07. The molecule has 0 saturated carbocycles. The number of ketones is 1. The van der Waals surface area contributed by atoms with Gasteiger partial charge in [-0.05, 0) is 36.2 Å². The zero-order valence-corrected chi connectivity index (χ0v) is 18.0. The van der Waals surface area contributed by atoms with Crippen LogP contribution in [0.4, 0.5) is 0 Å². The second kappa shape index (κ2) is 9.70. The Morgan fingerprint density at radius 1 is 0.645 bits per heavy atom. The van der Waals surface area contributed by atoms with Gasteiger partial charge in [0.05, 0.1) is 6.04 Å². The van der Waals surface area contributed by atoms with Crippen molar-refractivity contribution < 1.29 is 9.36 Å². The molecule has 4 heteroatoms. The third-order valence-corrected chi connectivity index (χ3v) is 7.96. The summed E-state index contributed by atoms with van der Waals surface area (Å²) < 4.78 is 14.5. The van der Waals surface area contributed by atoms with E-state index in [1.165, 1.54) is 0 Å². The molecule has 0 radical (unpaired) electrons. The molecule has 0 amide bonds. The van der Waals surface area contributed by atoms with Gasteiger partial charge in [-0.1, -0.05) is 97.1 Å². The zero-order chi connectivity index (χ0) is 21.5. The molecule has 0 bridgehead atoms. The van der Waals surface area contributed by atoms with Gasteiger partial charge in [-0.3, -0.25) is 9.36 Å². The Bertz CT molecular complexity index is 1120. The molecule has 31 heavy (non-hydrogen) atoms. The smallest absolute Gasteiger partial charge is 0.205 e. The quantitative estimate of drug-likeness (QED) is 0.319. The molecule has 1 atom stereocenters. The van der Waals surface area contributed by atoms with Crippen molar-refractivity contribution in [2.45, 2.75) is 12.5 Å². The van der Waals surface area contributed by atoms with Crippen molar-refractivity contribution in [3.63, 3.8) is 0 Å². The van der Waals surface area contributed by atoms with Crippen LogP contribution in [0.1, 0.15) is 15.9 Å². The molecule has 0 spiro atoms. The normalized spacial score (nSPS) is 12.3. The molecule has 0 aliphatic heterocycles. The number of hydrogen-bond acceptors (Lipinski definition) is 2. The van der Waals surface area contributed by atoms with E-state index in [9.17, 15) is 9.36 Å². The number of carbonyl (C=O) groups excluding carboxylic acids is 1. The average Bonchev–Trinajstić information content (AvgIpc) is 2.85. The lowest BCUT2D eigenvalue weighted by atomic mass is 9.98. The summed E-state index contributed by atoms with van der Waals surface area (Å²) in [7, 11) is -3.26. The van der Waals surface area contributed by atoms with Crippen molar-refractivity contribution in [2.75, 3.05) is 0 Å². The van der Waals surface area contributed by atoms with Crippen molar-refractivity contribution in [1.29, 1.82) is 0 Å². The summed E-state index contributed by atoms with van der Waals surface area (Å²) in [5.41, 5.74) is 1.61. The number of benzene rings is 4. The van der Waals surface area contributed by atoms with Gasteiger partial charge >= 0.3 is 0 Å². The Labute approximate surface area is 183 Å². The van der Waals surface area contributed by atoms with Crippen molar-refractivity contribution >= 4 is 23.7 Å². The highest BCUT2D eigenvalue weighted by atomic mass is 31.2. The largest absolute Gasteiger partial charge is 0.297 e. The highest BCUT2D eigenvalue weighted by Crippen LogP contribution is 2.40. The Balaban J connectivity index is 1.77. The van der Waals surface area contributed by atoms with Gasteiger partial charge in [-0.2, -0.15) is 0 Å². The summed E-state index contributed by atoms with van der Waals surface area (Å²) in [6.45, 7) is 0. The molecular formula is C27H24NO2P. The van der Waals surface area contributed by atoms with Crippen LogP contribution in [-0.4, -0.2) is 11.8 Å². The summed E-state index contributed by atoms with van der Waals surface area (Å²) in [6, 6.07) is 37.1. The lowest BCUT2D eigenvalue weighted by Crippen LogP contribution is -2.41. The molecule has 4 aromatic rings. The zero-order valence-electron chi connectivity index (χ0n) is 17.1. The van der Waals surface area contributed by atoms with Crippen LogP contribution >= 0.6 is 7.29 Å². The SMILES string of the molecule is O=C(c1ccccc1)C(Cc1ccccc1)NP(=O)(c1ccccc1)c1ccccc1. The molecule has 4 rings (SSSR count). The molecule has 0 aliphatic carbocycles. The van der Waals surface area contributed by atoms with Crippen LogP contribution in [0.2, 0.25) is 0 Å². The third kappa shape index (κ3) is 4.91. The maximum absolute atomic E-state index is 14.5. The molecule has 0 saturated heterocycles. The van der Waals surface area contributed by atoms with E-state index in [4.69, 9.17) is 0 Å². The number of hydrogen-bond donors (Lipinski definition) is 1. The van der Waals surface area contributed by atoms with Crippen molar-refractivity contribution in [2.24, 2.45) is 0 Å². The second-order valence-corrected chi connectivity index (χ2v) is 9.89. The third-order valence-electron chi connectivity index (χ3n) is 5.23. The summed E-state index contributed by atoms with van der Waals surface area (Å²) in [5.74, 6) is -0.0726. The van der Waals surface area contributed by atoms with Gasteiger partial charge in [0.15, 0.2) is 5.78 Å². The van der Waals surface area contributed by atoms with Gasteiger partial charge < -0.3 is 0 Å². The molecule has 0 aliphatic rings. The van der Waals surface area contributed by atoms with Gasteiger partial charge in [0.2, 0.25) is 7.29 Å². The van der Waals surface area contributed by atoms with E-state index in [1.807, 2.05) is 109 Å². The minimum absolute atomic E-state index is 0.0726. The van der Waals surface area contributed by atoms with Gasteiger partial charge in [-0.15, -0.1) is 0 Å². The monoisotopic (exact) mass is 425 g/mol. The summed E-state index contributed by atoms with van der Waals surface area (Å²) in [6.07, 6.45) is 0.443. The van der Waals surface area contributed by atoms with Crippen molar-refractivity contribution in [3.8, 4) is 0 Å². The van der Waals surface area contributed by atoms with E-state index < -0.39 is 13.3 Å². The summed E-state index contributed by atoms with van der Waals surface area (Å²) in [4.78, 5) is 13.5. The predicted molar refractivity (Wildman–Crippen MR) is 128 cm³/mol. The molecule has 0 fully saturated rings. The molecule has 4 aromatic carbocycles. The molecule has 3 nitrogen and oxygen atoms in total. The van der Waals surface area contributed by atoms with Gasteiger partial charge in [0, 0.05) is 16.2 Å². The Kier molecular flexibility index (Phi) is 6.57. The number of Topliss-reactive ketones (excluding diaryl/α,β-unsaturated/α-hetero) is 1. The van der Waals surface area contributed by atoms with E-state index in [1.54, 1.807) is 12.1 Å². The Morgan fingerprint density at radius 3 is 1.55 bits per heavy atom. The average molecular weight is 425 g/mol. The Morgan fingerprint density at radius 2 is 1.06 bits per heavy atom. The summed E-state index contributed by atoms with van der Waals surface area (Å²) in [5, 5.41) is 4.68. The first kappa shape index (κ1) is 21.0. The predicted octanol–water partition coefficient (Wildman–Crippen LogP) is 5.00. The molecule has 0 heterocycles. The minimum atomic E-state index is -3.26. The Hall–Kier alpha value is -3.26. The van der Waals surface area contributed by atoms with Crippen molar-refractivity contribution in [1.82, 2.24) is 5.09 Å². The maximum Gasteiger partial charge on any atom is 0.205 e. The van der Waals surface area contributed by atoms with Gasteiger partial charge in [0.1, 0.15) is 0 Å². The lowest BCUT2D eigenvalue weighted by molar-refractivity contribution is 0.0953. The van der Waals surface area contributed by atoms with E-state index in [0.717, 1.165) is 5.56 Å². The summed E-state index contributed by atoms with van der Waals surface area (Å²) >= 11 is 0. The van der Waals surface area contributed by atoms with Crippen LogP contribution < -0.4 is 15.7 Å². The van der Waals surface area contributed by atoms with Crippen LogP contribution in [0.15, 0.2) is 121 Å². The van der Waals surface area contributed by atoms with E-state index in [0.29, 0.717) is 22.6 Å². The second-order valence-electron chi connectivity index (χ2n) is 7.38. The molecule has 1 unspecified atom stereocenters. The number of nitrogens with one attached hydrogen (secondary N) is 1. The number of carbonyl (C=O) groups is 1. The van der Waals surface area contributed by atoms with Crippen LogP contribution in [0.5, 0.6) is 0 Å². The molecular weight excluding hydrogens is 401 g/mol. The van der Waals surface area contributed by atoms with E-state index >= 15 is 0 Å². The molecule has 154 valence electrons. The maximum atomic E-state index is 14.5. The first-order chi connectivity index (χ1) is 15.2. The number of rotatable bonds is 8. The fraction of sp³-hybridized carbons (Fsp3) is 0.0741. The van der Waals surface area contributed by atoms with Crippen molar-refractivity contribution in [3.05, 3.63) is 132 Å². The van der Waals surface area contributed by atoms with Gasteiger partial charge in [0.25, 0.3) is 0 Å². The van der Waals surface area contributed by atoms with Crippen LogP contribution in [0.3, 0.4) is 0 Å². The molecule has 0 aromatic heterocycles. The van der Waals surface area contributed by atoms with E-state index in [2.05, 4.69) is 5.09 Å². The van der Waals surface area contributed by atoms with Gasteiger partial charge in [-0.25, -0.2) is 5.09 Å². The topological polar surface area (TPSA) is 46.2 Å². The minimum Gasteiger partial charge on any atom is -0.297 e. The lowest BCUT2D eigenvalue weighted by Gasteiger charge is -2.26. The standard InChI is InChI=1S/C27H24NO2P/c29-27(23-15-7-2-8-16-23)26(21-22-13-5-1-6-14-22)28-31(30,24-17-9-3-10-18-24)25-19-11-4-12-20-25/h1-20,26H,21H2,(H,28,30). The first-order valence-corrected chi connectivity index (χ1v) is 12.0. The van der Waals surface area contributed by atoms with E-state index in [-0.39, 0.29) is 5.78 Å². The van der Waals surface area contributed by atoms with Crippen LogP contribution in [0.25, 0.3) is 0 Å². The fourth-order valence-electron chi connectivity index (χ4n) is 3.64. The first-order valence-electron chi connectivity index (χ1n) is 10.3. The van der Waals surface area contributed by atoms with Crippen LogP contribution in [0, 0.1) is 0 Å². The van der Waals surface area contributed by atoms with Crippen LogP contribution in [-0.2, 0) is 11.0 Å².